The van der Waals surface area contributed by atoms with Gasteiger partial charge in [0, 0.05) is 12.6 Å². The normalized spacial score (nSPS) is 13.0. The highest BCUT2D eigenvalue weighted by atomic mass is 19.4. The molecule has 0 atom stereocenters. The highest BCUT2D eigenvalue weighted by molar-refractivity contribution is 6.11. The first kappa shape index (κ1) is 21.4. The summed E-state index contributed by atoms with van der Waals surface area (Å²) in [5, 5.41) is 8.17. The highest BCUT2D eigenvalue weighted by Gasteiger charge is 2.30. The number of benzene rings is 2. The summed E-state index contributed by atoms with van der Waals surface area (Å²) in [6.45, 7) is 3.53. The summed E-state index contributed by atoms with van der Waals surface area (Å²) in [6, 6.07) is 11.0. The van der Waals surface area contributed by atoms with Crippen LogP contribution in [0, 0.1) is 5.82 Å². The Morgan fingerprint density at radius 1 is 1.10 bits per heavy atom. The van der Waals surface area contributed by atoms with Gasteiger partial charge in [-0.2, -0.15) is 13.2 Å². The number of hydrogen-bond donors (Lipinski definition) is 0. The third-order valence-electron chi connectivity index (χ3n) is 4.45. The first-order valence-corrected chi connectivity index (χ1v) is 9.15. The van der Waals surface area contributed by atoms with Crippen LogP contribution in [0.15, 0.2) is 58.5 Å². The van der Waals surface area contributed by atoms with Crippen LogP contribution in [0.5, 0.6) is 0 Å². The van der Waals surface area contributed by atoms with Crippen molar-refractivity contribution in [2.24, 2.45) is 9.98 Å². The summed E-state index contributed by atoms with van der Waals surface area (Å²) in [5.41, 5.74) is 1.16. The van der Waals surface area contributed by atoms with Crippen molar-refractivity contribution < 1.29 is 17.6 Å². The Balaban J connectivity index is 2.02. The molecule has 0 fully saturated rings. The maximum absolute atomic E-state index is 14.2. The maximum Gasteiger partial charge on any atom is 0.416 e. The van der Waals surface area contributed by atoms with Gasteiger partial charge in [-0.25, -0.2) is 14.1 Å². The van der Waals surface area contributed by atoms with Crippen molar-refractivity contribution in [1.82, 2.24) is 15.0 Å². The second kappa shape index (κ2) is 8.56. The van der Waals surface area contributed by atoms with E-state index in [9.17, 15) is 17.6 Å². The van der Waals surface area contributed by atoms with Crippen molar-refractivity contribution in [3.63, 3.8) is 0 Å². The van der Waals surface area contributed by atoms with Crippen molar-refractivity contribution >= 4 is 11.5 Å². The lowest BCUT2D eigenvalue weighted by molar-refractivity contribution is -0.137. The van der Waals surface area contributed by atoms with Crippen LogP contribution in [-0.4, -0.2) is 33.6 Å². The Kier molecular flexibility index (Phi) is 6.09. The molecule has 0 aliphatic heterocycles. The van der Waals surface area contributed by atoms with E-state index in [1.807, 2.05) is 6.92 Å². The molecular weight excluding hydrogens is 398 g/mol. The molecule has 1 aromatic heterocycles. The Bertz CT molecular complexity index is 1110. The zero-order valence-corrected chi connectivity index (χ0v) is 16.6. The lowest BCUT2D eigenvalue weighted by Crippen LogP contribution is -2.10. The molecule has 0 radical (unpaired) electrons. The summed E-state index contributed by atoms with van der Waals surface area (Å²) in [7, 11) is 1.45. The molecule has 1 heterocycles. The van der Waals surface area contributed by atoms with Gasteiger partial charge in [-0.05, 0) is 37.6 Å². The summed E-state index contributed by atoms with van der Waals surface area (Å²) >= 11 is 0. The molecule has 156 valence electrons. The zero-order chi connectivity index (χ0) is 21.9. The summed E-state index contributed by atoms with van der Waals surface area (Å²) < 4.78 is 54.7. The molecule has 0 amide bonds. The molecule has 0 bridgehead atoms. The molecule has 0 saturated carbocycles. The lowest BCUT2D eigenvalue weighted by Gasteiger charge is -2.09. The van der Waals surface area contributed by atoms with E-state index in [4.69, 9.17) is 0 Å². The number of para-hydroxylation sites is 1. The van der Waals surface area contributed by atoms with E-state index in [1.165, 1.54) is 29.9 Å². The largest absolute Gasteiger partial charge is 0.416 e. The fourth-order valence-corrected chi connectivity index (χ4v) is 3.01. The van der Waals surface area contributed by atoms with Crippen LogP contribution in [0.1, 0.15) is 36.4 Å². The summed E-state index contributed by atoms with van der Waals surface area (Å²) in [5.74, 6) is -0.320. The van der Waals surface area contributed by atoms with Crippen LogP contribution in [0.3, 0.4) is 0 Å². The Morgan fingerprint density at radius 2 is 1.83 bits per heavy atom. The van der Waals surface area contributed by atoms with Crippen LogP contribution in [-0.2, 0) is 12.6 Å². The van der Waals surface area contributed by atoms with Crippen LogP contribution < -0.4 is 0 Å². The molecule has 3 rings (SSSR count). The predicted molar refractivity (Wildman–Crippen MR) is 107 cm³/mol. The fourth-order valence-electron chi connectivity index (χ4n) is 3.01. The molecule has 0 saturated heterocycles. The van der Waals surface area contributed by atoms with Crippen molar-refractivity contribution in [1.29, 1.82) is 0 Å². The molecule has 0 spiro atoms. The first-order valence-electron chi connectivity index (χ1n) is 9.15. The van der Waals surface area contributed by atoms with Gasteiger partial charge in [0.05, 0.1) is 17.0 Å². The molecule has 9 heteroatoms. The van der Waals surface area contributed by atoms with E-state index < -0.39 is 17.6 Å². The molecule has 0 unspecified atom stereocenters. The second-order valence-electron chi connectivity index (χ2n) is 6.42. The molecule has 0 aliphatic rings. The van der Waals surface area contributed by atoms with Gasteiger partial charge in [0.25, 0.3) is 0 Å². The second-order valence-corrected chi connectivity index (χ2v) is 6.42. The number of rotatable bonds is 4. The molecular formula is C21H19F4N5. The Morgan fingerprint density at radius 3 is 2.47 bits per heavy atom. The van der Waals surface area contributed by atoms with Crippen molar-refractivity contribution in [2.45, 2.75) is 26.4 Å². The van der Waals surface area contributed by atoms with E-state index in [2.05, 4.69) is 20.3 Å². The number of aliphatic imine (C=N–C) groups is 2. The molecule has 0 aliphatic carbocycles. The lowest BCUT2D eigenvalue weighted by atomic mass is 10.1. The van der Waals surface area contributed by atoms with E-state index in [0.717, 1.165) is 12.1 Å². The zero-order valence-electron chi connectivity index (χ0n) is 16.6. The fraction of sp³-hybridized carbons (Fsp3) is 0.238. The van der Waals surface area contributed by atoms with Gasteiger partial charge in [0.2, 0.25) is 0 Å². The molecule has 5 nitrogen and oxygen atoms in total. The summed E-state index contributed by atoms with van der Waals surface area (Å²) in [4.78, 5) is 8.41. The van der Waals surface area contributed by atoms with Crippen LogP contribution in [0.4, 0.5) is 17.6 Å². The van der Waals surface area contributed by atoms with E-state index in [-0.39, 0.29) is 17.1 Å². The molecule has 0 N–H and O–H groups in total. The third-order valence-corrected chi connectivity index (χ3v) is 4.45. The van der Waals surface area contributed by atoms with Gasteiger partial charge in [-0.3, -0.25) is 4.99 Å². The molecule has 30 heavy (non-hydrogen) atoms. The van der Waals surface area contributed by atoms with E-state index in [0.29, 0.717) is 23.5 Å². The number of aromatic nitrogens is 3. The minimum Gasteiger partial charge on any atom is -0.270 e. The number of nitrogens with zero attached hydrogens (tertiary/aromatic N) is 5. The van der Waals surface area contributed by atoms with E-state index in [1.54, 1.807) is 25.1 Å². The van der Waals surface area contributed by atoms with Crippen molar-refractivity contribution in [3.8, 4) is 5.69 Å². The first-order chi connectivity index (χ1) is 14.3. The average Bonchev–Trinajstić information content (AvgIpc) is 3.15. The Labute approximate surface area is 170 Å². The van der Waals surface area contributed by atoms with Crippen LogP contribution in [0.2, 0.25) is 0 Å². The number of amidine groups is 1. The SMILES string of the molecule is CCc1c(/C(C)=N/C(=N\C)c2cccc(C(F)(F)F)c2)nnn1-c1ccccc1F. The van der Waals surface area contributed by atoms with Crippen LogP contribution >= 0.6 is 0 Å². The number of alkyl halides is 3. The van der Waals surface area contributed by atoms with Crippen LogP contribution in [0.25, 0.3) is 5.69 Å². The van der Waals surface area contributed by atoms with Gasteiger partial charge in [-0.1, -0.05) is 36.4 Å². The van der Waals surface area contributed by atoms with E-state index >= 15 is 0 Å². The molecule has 3 aromatic rings. The van der Waals surface area contributed by atoms with Gasteiger partial charge in [-0.15, -0.1) is 5.10 Å². The average molecular weight is 417 g/mol. The predicted octanol–water partition coefficient (Wildman–Crippen LogP) is 4.87. The van der Waals surface area contributed by atoms with Gasteiger partial charge in [0.15, 0.2) is 5.84 Å². The number of hydrogen-bond acceptors (Lipinski definition) is 3. The van der Waals surface area contributed by atoms with Gasteiger partial charge < -0.3 is 0 Å². The van der Waals surface area contributed by atoms with Gasteiger partial charge in [0.1, 0.15) is 17.2 Å². The monoisotopic (exact) mass is 417 g/mol. The third kappa shape index (κ3) is 4.29. The standard InChI is InChI=1S/C21H19F4N5/c1-4-17-19(28-29-30(17)18-11-6-5-10-16(18)22)13(2)27-20(26-3)14-8-7-9-15(12-14)21(23,24)25/h5-12H,4H2,1-3H3/b26-20-,27-13+. The molecule has 2 aromatic carbocycles. The Hall–Kier alpha value is -3.36. The van der Waals surface area contributed by atoms with Crippen molar-refractivity contribution in [3.05, 3.63) is 76.9 Å². The maximum atomic E-state index is 14.2. The minimum atomic E-state index is -4.47. The summed E-state index contributed by atoms with van der Waals surface area (Å²) in [6.07, 6.45) is -3.98. The topological polar surface area (TPSA) is 55.4 Å². The van der Waals surface area contributed by atoms with Gasteiger partial charge >= 0.3 is 6.18 Å². The number of halogens is 4. The highest BCUT2D eigenvalue weighted by Crippen LogP contribution is 2.29. The smallest absolute Gasteiger partial charge is 0.270 e. The minimum absolute atomic E-state index is 0.126. The van der Waals surface area contributed by atoms with Crippen molar-refractivity contribution in [2.75, 3.05) is 7.05 Å². The quantitative estimate of drug-likeness (QED) is 0.345.